The van der Waals surface area contributed by atoms with Gasteiger partial charge in [0.15, 0.2) is 6.29 Å². The molecule has 3 heterocycles. The zero-order valence-corrected chi connectivity index (χ0v) is 10.4. The molecule has 3 saturated heterocycles. The Morgan fingerprint density at radius 3 is 2.89 bits per heavy atom. The molecular weight excluding hydrogens is 246 g/mol. The predicted molar refractivity (Wildman–Crippen MR) is 64.7 cm³/mol. The average molecular weight is 261 g/mol. The van der Waals surface area contributed by atoms with Gasteiger partial charge in [0.25, 0.3) is 0 Å². The number of carbonyl (C=O) groups excluding carboxylic acids is 1. The Hall–Kier alpha value is -1.43. The molecule has 0 bridgehead atoms. The summed E-state index contributed by atoms with van der Waals surface area (Å²) in [6.07, 6.45) is 0.560. The fourth-order valence-electron chi connectivity index (χ4n) is 3.15. The molecule has 0 aliphatic carbocycles. The van der Waals surface area contributed by atoms with Crippen LogP contribution in [0.4, 0.5) is 0 Å². The molecule has 100 valence electrons. The molecule has 1 aromatic carbocycles. The number of hydroxylamine groups is 2. The number of hydrogen-bond acceptors (Lipinski definition) is 5. The molecule has 0 unspecified atom stereocenters. The van der Waals surface area contributed by atoms with Crippen LogP contribution >= 0.6 is 0 Å². The Bertz CT molecular complexity index is 491. The maximum absolute atomic E-state index is 12.0. The molecule has 0 N–H and O–H groups in total. The topological polar surface area (TPSA) is 48.0 Å². The van der Waals surface area contributed by atoms with Crippen molar-refractivity contribution in [2.45, 2.75) is 24.8 Å². The minimum atomic E-state index is -0.327. The van der Waals surface area contributed by atoms with Gasteiger partial charge in [-0.05, 0) is 12.0 Å². The van der Waals surface area contributed by atoms with E-state index >= 15 is 0 Å². The van der Waals surface area contributed by atoms with Crippen LogP contribution in [0.5, 0.6) is 0 Å². The minimum Gasteiger partial charge on any atom is -0.462 e. The first kappa shape index (κ1) is 11.4. The highest BCUT2D eigenvalue weighted by molar-refractivity contribution is 5.77. The lowest BCUT2D eigenvalue weighted by molar-refractivity contribution is -0.267. The number of nitrogens with zero attached hydrogens (tertiary/aromatic N) is 1. The van der Waals surface area contributed by atoms with Crippen LogP contribution in [0, 0.1) is 5.92 Å². The maximum Gasteiger partial charge on any atom is 0.326 e. The maximum atomic E-state index is 12.0. The van der Waals surface area contributed by atoms with E-state index in [9.17, 15) is 4.79 Å². The van der Waals surface area contributed by atoms with Gasteiger partial charge in [-0.15, -0.1) is 0 Å². The number of fused-ring (bicyclic) bond motifs is 3. The third-order valence-corrected chi connectivity index (χ3v) is 4.10. The van der Waals surface area contributed by atoms with Crippen molar-refractivity contribution in [1.29, 1.82) is 0 Å². The number of carbonyl (C=O) groups is 1. The first-order valence-electron chi connectivity index (χ1n) is 6.63. The van der Waals surface area contributed by atoms with E-state index in [0.717, 1.165) is 12.0 Å². The number of rotatable bonds is 1. The highest BCUT2D eigenvalue weighted by Gasteiger charge is 2.55. The smallest absolute Gasteiger partial charge is 0.326 e. The van der Waals surface area contributed by atoms with Crippen molar-refractivity contribution in [3.05, 3.63) is 35.9 Å². The molecule has 0 radical (unpaired) electrons. The van der Waals surface area contributed by atoms with Crippen molar-refractivity contribution >= 4 is 5.97 Å². The monoisotopic (exact) mass is 261 g/mol. The van der Waals surface area contributed by atoms with E-state index in [1.54, 1.807) is 5.06 Å². The van der Waals surface area contributed by atoms with Gasteiger partial charge in [0.1, 0.15) is 12.6 Å². The second-order valence-corrected chi connectivity index (χ2v) is 5.16. The molecule has 4 atom stereocenters. The molecule has 0 amide bonds. The summed E-state index contributed by atoms with van der Waals surface area (Å²) >= 11 is 0. The van der Waals surface area contributed by atoms with Crippen LogP contribution in [-0.2, 0) is 19.1 Å². The Kier molecular flexibility index (Phi) is 2.58. The van der Waals surface area contributed by atoms with Crippen molar-refractivity contribution in [3.63, 3.8) is 0 Å². The van der Waals surface area contributed by atoms with Gasteiger partial charge >= 0.3 is 5.97 Å². The summed E-state index contributed by atoms with van der Waals surface area (Å²) < 4.78 is 10.9. The number of hydrogen-bond donors (Lipinski definition) is 0. The first-order chi connectivity index (χ1) is 9.34. The highest BCUT2D eigenvalue weighted by atomic mass is 16.8. The molecule has 19 heavy (non-hydrogen) atoms. The zero-order valence-electron chi connectivity index (χ0n) is 10.4. The minimum absolute atomic E-state index is 0.0434. The molecule has 5 nitrogen and oxygen atoms in total. The normalized spacial score (nSPS) is 37.8. The highest BCUT2D eigenvalue weighted by Crippen LogP contribution is 2.43. The van der Waals surface area contributed by atoms with Gasteiger partial charge in [-0.2, -0.15) is 5.06 Å². The van der Waals surface area contributed by atoms with Crippen molar-refractivity contribution in [1.82, 2.24) is 5.06 Å². The summed E-state index contributed by atoms with van der Waals surface area (Å²) in [6.45, 7) is 0.988. The van der Waals surface area contributed by atoms with E-state index < -0.39 is 0 Å². The van der Waals surface area contributed by atoms with Gasteiger partial charge in [-0.25, -0.2) is 0 Å². The summed E-state index contributed by atoms with van der Waals surface area (Å²) in [5.74, 6) is -0.0933. The number of morpholine rings is 1. The van der Waals surface area contributed by atoms with E-state index in [0.29, 0.717) is 13.2 Å². The van der Waals surface area contributed by atoms with Crippen LogP contribution in [-0.4, -0.2) is 36.6 Å². The number of esters is 1. The Morgan fingerprint density at radius 2 is 2.05 bits per heavy atom. The molecule has 5 heteroatoms. The lowest BCUT2D eigenvalue weighted by Gasteiger charge is -2.35. The van der Waals surface area contributed by atoms with Crippen LogP contribution in [0.15, 0.2) is 30.3 Å². The van der Waals surface area contributed by atoms with Crippen LogP contribution < -0.4 is 0 Å². The molecule has 0 saturated carbocycles. The third kappa shape index (κ3) is 1.69. The Balaban J connectivity index is 1.67. The third-order valence-electron chi connectivity index (χ3n) is 4.10. The summed E-state index contributed by atoms with van der Waals surface area (Å²) in [5.41, 5.74) is 1.10. The average Bonchev–Trinajstić information content (AvgIpc) is 3.00. The Morgan fingerprint density at radius 1 is 1.21 bits per heavy atom. The molecule has 4 rings (SSSR count). The fourth-order valence-corrected chi connectivity index (χ4v) is 3.15. The second kappa shape index (κ2) is 4.30. The molecule has 1 aromatic rings. The lowest BCUT2D eigenvalue weighted by atomic mass is 9.95. The lowest BCUT2D eigenvalue weighted by Crippen LogP contribution is -2.48. The Labute approximate surface area is 111 Å². The largest absolute Gasteiger partial charge is 0.462 e. The van der Waals surface area contributed by atoms with Gasteiger partial charge in [-0.1, -0.05) is 30.3 Å². The molecule has 3 aliphatic heterocycles. The van der Waals surface area contributed by atoms with Gasteiger partial charge in [0.2, 0.25) is 0 Å². The molecule has 3 fully saturated rings. The quantitative estimate of drug-likeness (QED) is 0.712. The van der Waals surface area contributed by atoms with Gasteiger partial charge < -0.3 is 9.47 Å². The predicted octanol–water partition coefficient (Wildman–Crippen LogP) is 1.26. The summed E-state index contributed by atoms with van der Waals surface area (Å²) in [7, 11) is 0. The van der Waals surface area contributed by atoms with Crippen LogP contribution in [0.3, 0.4) is 0 Å². The standard InChI is InChI=1S/C14H15NO4/c16-13-12-10-6-7-17-14(10)19-15(12)11(8-18-13)9-4-2-1-3-5-9/h1-5,10-12,14H,6-8H2/t10-,11-,12+,14+/m0/s1. The molecular formula is C14H15NO4. The number of ether oxygens (including phenoxy) is 2. The van der Waals surface area contributed by atoms with Crippen LogP contribution in [0.25, 0.3) is 0 Å². The van der Waals surface area contributed by atoms with Crippen molar-refractivity contribution in [3.8, 4) is 0 Å². The molecule has 3 aliphatic rings. The number of benzene rings is 1. The van der Waals surface area contributed by atoms with Crippen LogP contribution in [0.1, 0.15) is 18.0 Å². The van der Waals surface area contributed by atoms with Gasteiger partial charge in [0.05, 0.1) is 12.6 Å². The van der Waals surface area contributed by atoms with E-state index in [1.807, 2.05) is 30.3 Å². The molecule has 0 spiro atoms. The van der Waals surface area contributed by atoms with E-state index in [2.05, 4.69) is 0 Å². The summed E-state index contributed by atoms with van der Waals surface area (Å²) in [5, 5.41) is 1.79. The van der Waals surface area contributed by atoms with Gasteiger partial charge in [0, 0.05) is 5.92 Å². The number of cyclic esters (lactones) is 1. The van der Waals surface area contributed by atoms with Gasteiger partial charge in [-0.3, -0.25) is 9.63 Å². The second-order valence-electron chi connectivity index (χ2n) is 5.16. The van der Waals surface area contributed by atoms with Crippen molar-refractivity contribution < 1.29 is 19.1 Å². The van der Waals surface area contributed by atoms with Crippen molar-refractivity contribution in [2.24, 2.45) is 5.92 Å². The van der Waals surface area contributed by atoms with E-state index in [1.165, 1.54) is 0 Å². The van der Waals surface area contributed by atoms with E-state index in [-0.39, 0.29) is 30.3 Å². The molecule has 0 aromatic heterocycles. The zero-order chi connectivity index (χ0) is 12.8. The first-order valence-corrected chi connectivity index (χ1v) is 6.63. The SMILES string of the molecule is O=C1OC[C@@H](c2ccccc2)N2O[C@H]3OCC[C@H]3[C@H]12. The summed E-state index contributed by atoms with van der Waals surface area (Å²) in [4.78, 5) is 17.8. The fraction of sp³-hybridized carbons (Fsp3) is 0.500. The summed E-state index contributed by atoms with van der Waals surface area (Å²) in [6, 6.07) is 9.61. The van der Waals surface area contributed by atoms with Crippen LogP contribution in [0.2, 0.25) is 0 Å². The van der Waals surface area contributed by atoms with E-state index in [4.69, 9.17) is 14.3 Å². The van der Waals surface area contributed by atoms with Crippen molar-refractivity contribution in [2.75, 3.05) is 13.2 Å².